The second-order valence-corrected chi connectivity index (χ2v) is 7.85. The summed E-state index contributed by atoms with van der Waals surface area (Å²) in [6.07, 6.45) is 2.51. The van der Waals surface area contributed by atoms with Crippen molar-refractivity contribution in [2.45, 2.75) is 31.5 Å². The number of carbonyl (C=O) groups excluding carboxylic acids is 1. The minimum absolute atomic E-state index is 0.0623. The van der Waals surface area contributed by atoms with Gasteiger partial charge in [-0.2, -0.15) is 0 Å². The topological polar surface area (TPSA) is 78.5 Å². The van der Waals surface area contributed by atoms with E-state index in [0.29, 0.717) is 32.5 Å². The molecule has 0 unspecified atom stereocenters. The van der Waals surface area contributed by atoms with E-state index >= 15 is 0 Å². The van der Waals surface area contributed by atoms with Crippen LogP contribution < -0.4 is 10.0 Å². The molecule has 1 saturated heterocycles. The second kappa shape index (κ2) is 5.98. The van der Waals surface area contributed by atoms with E-state index in [9.17, 15) is 13.2 Å². The molecule has 22 heavy (non-hydrogen) atoms. The van der Waals surface area contributed by atoms with Crippen LogP contribution in [0, 0.1) is 0 Å². The summed E-state index contributed by atoms with van der Waals surface area (Å²) in [6.45, 7) is 1.75. The van der Waals surface area contributed by atoms with Crippen molar-refractivity contribution in [1.29, 1.82) is 0 Å². The number of nitrogens with zero attached hydrogens (tertiary/aromatic N) is 1. The van der Waals surface area contributed by atoms with Crippen LogP contribution in [0.4, 0.5) is 0 Å². The lowest BCUT2D eigenvalue weighted by atomic mass is 9.95. The number of amides is 1. The van der Waals surface area contributed by atoms with Crippen molar-refractivity contribution in [2.75, 3.05) is 19.3 Å². The van der Waals surface area contributed by atoms with Crippen LogP contribution in [-0.4, -0.2) is 50.7 Å². The summed E-state index contributed by atoms with van der Waals surface area (Å²) in [5, 5.41) is 3.29. The van der Waals surface area contributed by atoms with Gasteiger partial charge in [-0.15, -0.1) is 0 Å². The molecule has 0 spiro atoms. The third-order valence-corrected chi connectivity index (χ3v) is 5.02. The molecule has 6 nitrogen and oxygen atoms in total. The zero-order chi connectivity index (χ0) is 15.7. The van der Waals surface area contributed by atoms with Crippen LogP contribution in [0.5, 0.6) is 0 Å². The summed E-state index contributed by atoms with van der Waals surface area (Å²) < 4.78 is 25.1. The summed E-state index contributed by atoms with van der Waals surface area (Å²) in [4.78, 5) is 14.4. The van der Waals surface area contributed by atoms with Crippen LogP contribution in [0.2, 0.25) is 0 Å². The summed E-state index contributed by atoms with van der Waals surface area (Å²) in [7, 11) is -3.23. The van der Waals surface area contributed by atoms with Gasteiger partial charge in [0.1, 0.15) is 0 Å². The number of fused-ring (bicyclic) bond motifs is 1. The molecule has 0 saturated carbocycles. The van der Waals surface area contributed by atoms with Crippen molar-refractivity contribution in [2.24, 2.45) is 0 Å². The number of nitrogens with one attached hydrogen (secondary N) is 2. The van der Waals surface area contributed by atoms with Gasteiger partial charge >= 0.3 is 0 Å². The normalized spacial score (nSPS) is 25.0. The van der Waals surface area contributed by atoms with Crippen LogP contribution in [0.1, 0.15) is 17.5 Å². The van der Waals surface area contributed by atoms with E-state index in [1.165, 1.54) is 11.1 Å². The molecular formula is C15H21N3O3S. The quantitative estimate of drug-likeness (QED) is 0.811. The minimum Gasteiger partial charge on any atom is -0.340 e. The van der Waals surface area contributed by atoms with Gasteiger partial charge in [-0.05, 0) is 24.0 Å². The van der Waals surface area contributed by atoms with Gasteiger partial charge in [0.2, 0.25) is 15.9 Å². The van der Waals surface area contributed by atoms with E-state index in [4.69, 9.17) is 0 Å². The zero-order valence-electron chi connectivity index (χ0n) is 12.6. The Morgan fingerprint density at radius 2 is 2.05 bits per heavy atom. The van der Waals surface area contributed by atoms with Crippen LogP contribution in [0.3, 0.4) is 0 Å². The first-order valence-electron chi connectivity index (χ1n) is 7.48. The molecule has 0 aliphatic carbocycles. The predicted octanol–water partition coefficient (Wildman–Crippen LogP) is -0.149. The Labute approximate surface area is 130 Å². The van der Waals surface area contributed by atoms with Crippen LogP contribution >= 0.6 is 0 Å². The largest absolute Gasteiger partial charge is 0.340 e. The van der Waals surface area contributed by atoms with Gasteiger partial charge in [0.05, 0.1) is 12.3 Å². The molecule has 120 valence electrons. The first kappa shape index (κ1) is 15.5. The van der Waals surface area contributed by atoms with Crippen LogP contribution in [-0.2, 0) is 27.8 Å². The fourth-order valence-corrected chi connectivity index (χ4v) is 4.01. The van der Waals surface area contributed by atoms with Gasteiger partial charge in [-0.3, -0.25) is 4.79 Å². The van der Waals surface area contributed by atoms with E-state index < -0.39 is 10.0 Å². The number of hydrogen-bond acceptors (Lipinski definition) is 4. The maximum Gasteiger partial charge on any atom is 0.240 e. The molecule has 1 aromatic carbocycles. The lowest BCUT2D eigenvalue weighted by molar-refractivity contribution is -0.132. The Kier molecular flexibility index (Phi) is 4.20. The van der Waals surface area contributed by atoms with E-state index in [1.807, 2.05) is 12.1 Å². The fraction of sp³-hybridized carbons (Fsp3) is 0.533. The third-order valence-electron chi connectivity index (χ3n) is 4.26. The highest BCUT2D eigenvalue weighted by Gasteiger charge is 2.33. The molecule has 0 radical (unpaired) electrons. The summed E-state index contributed by atoms with van der Waals surface area (Å²) >= 11 is 0. The van der Waals surface area contributed by atoms with Crippen LogP contribution in [0.15, 0.2) is 24.3 Å². The first-order chi connectivity index (χ1) is 10.4. The Morgan fingerprint density at radius 1 is 1.32 bits per heavy atom. The first-order valence-corrected chi connectivity index (χ1v) is 9.38. The molecule has 1 amide bonds. The zero-order valence-corrected chi connectivity index (χ0v) is 13.4. The lowest BCUT2D eigenvalue weighted by Crippen LogP contribution is -2.49. The lowest BCUT2D eigenvalue weighted by Gasteiger charge is -2.29. The minimum atomic E-state index is -3.23. The molecule has 0 bridgehead atoms. The molecule has 2 aliphatic heterocycles. The average molecular weight is 323 g/mol. The number of likely N-dealkylation sites (tertiary alicyclic amines) is 1. The SMILES string of the molecule is CS(=O)(=O)N[C@H]1CCN(C(=O)[C@H]2Cc3ccccc3CN2)C1. The maximum atomic E-state index is 12.6. The number of rotatable bonds is 3. The second-order valence-electron chi connectivity index (χ2n) is 6.07. The van der Waals surface area contributed by atoms with Gasteiger partial charge in [0.15, 0.2) is 0 Å². The fourth-order valence-electron chi connectivity index (χ4n) is 3.21. The van der Waals surface area contributed by atoms with Gasteiger partial charge in [0.25, 0.3) is 0 Å². The maximum absolute atomic E-state index is 12.6. The molecule has 1 fully saturated rings. The Morgan fingerprint density at radius 3 is 2.77 bits per heavy atom. The molecule has 3 rings (SSSR count). The summed E-state index contributed by atoms with van der Waals surface area (Å²) in [5.41, 5.74) is 2.45. The number of benzene rings is 1. The van der Waals surface area contributed by atoms with Crippen molar-refractivity contribution in [3.05, 3.63) is 35.4 Å². The monoisotopic (exact) mass is 323 g/mol. The van der Waals surface area contributed by atoms with Gasteiger partial charge < -0.3 is 10.2 Å². The Balaban J connectivity index is 1.62. The number of sulfonamides is 1. The van der Waals surface area contributed by atoms with Crippen molar-refractivity contribution < 1.29 is 13.2 Å². The highest BCUT2D eigenvalue weighted by Crippen LogP contribution is 2.19. The van der Waals surface area contributed by atoms with E-state index in [1.54, 1.807) is 4.90 Å². The Hall–Kier alpha value is -1.44. The molecule has 7 heteroatoms. The van der Waals surface area contributed by atoms with Crippen molar-refractivity contribution in [3.8, 4) is 0 Å². The summed E-state index contributed by atoms with van der Waals surface area (Å²) in [5.74, 6) is 0.0623. The molecule has 2 heterocycles. The molecular weight excluding hydrogens is 302 g/mol. The average Bonchev–Trinajstić information content (AvgIpc) is 2.92. The van der Waals surface area contributed by atoms with Gasteiger partial charge in [0, 0.05) is 25.7 Å². The molecule has 2 N–H and O–H groups in total. The highest BCUT2D eigenvalue weighted by atomic mass is 32.2. The van der Waals surface area contributed by atoms with Gasteiger partial charge in [-0.25, -0.2) is 13.1 Å². The van der Waals surface area contributed by atoms with E-state index in [0.717, 1.165) is 6.26 Å². The predicted molar refractivity (Wildman–Crippen MR) is 83.7 cm³/mol. The molecule has 2 atom stereocenters. The van der Waals surface area contributed by atoms with Crippen LogP contribution in [0.25, 0.3) is 0 Å². The van der Waals surface area contributed by atoms with Gasteiger partial charge in [-0.1, -0.05) is 24.3 Å². The van der Waals surface area contributed by atoms with Crippen molar-refractivity contribution in [1.82, 2.24) is 14.9 Å². The van der Waals surface area contributed by atoms with Crippen molar-refractivity contribution >= 4 is 15.9 Å². The van der Waals surface area contributed by atoms with E-state index in [-0.39, 0.29) is 18.0 Å². The molecule has 0 aromatic heterocycles. The molecule has 1 aromatic rings. The van der Waals surface area contributed by atoms with Crippen molar-refractivity contribution in [3.63, 3.8) is 0 Å². The standard InChI is InChI=1S/C15H21N3O3S/c1-22(20,21)17-13-6-7-18(10-13)15(19)14-8-11-4-2-3-5-12(11)9-16-14/h2-5,13-14,16-17H,6-10H2,1H3/t13-,14+/m0/s1. The third kappa shape index (κ3) is 3.48. The molecule has 2 aliphatic rings. The Bertz CT molecular complexity index is 674. The number of carbonyl (C=O) groups is 1. The highest BCUT2D eigenvalue weighted by molar-refractivity contribution is 7.88. The number of hydrogen-bond donors (Lipinski definition) is 2. The summed E-state index contributed by atoms with van der Waals surface area (Å²) in [6, 6.07) is 7.75. The van der Waals surface area contributed by atoms with E-state index in [2.05, 4.69) is 22.2 Å². The smallest absolute Gasteiger partial charge is 0.240 e.